The molecule has 1 atom stereocenters. The van der Waals surface area contributed by atoms with Crippen LogP contribution in [0.2, 0.25) is 0 Å². The number of nitrogens with one attached hydrogen (secondary N) is 1. The molecular formula is C12H24N2. The van der Waals surface area contributed by atoms with Crippen molar-refractivity contribution < 1.29 is 0 Å². The van der Waals surface area contributed by atoms with E-state index in [1.54, 1.807) is 0 Å². The van der Waals surface area contributed by atoms with Gasteiger partial charge in [0.15, 0.2) is 0 Å². The molecule has 0 spiro atoms. The van der Waals surface area contributed by atoms with Gasteiger partial charge in [0.25, 0.3) is 0 Å². The predicted octanol–water partition coefficient (Wildman–Crippen LogP) is 1.86. The Balaban J connectivity index is 1.91. The molecule has 0 saturated carbocycles. The monoisotopic (exact) mass is 196 g/mol. The first kappa shape index (κ1) is 10.4. The molecule has 0 aromatic heterocycles. The van der Waals surface area contributed by atoms with E-state index in [0.717, 1.165) is 12.0 Å². The minimum absolute atomic E-state index is 0.889. The van der Waals surface area contributed by atoms with Crippen LogP contribution in [0.25, 0.3) is 0 Å². The third-order valence-electron chi connectivity index (χ3n) is 4.00. The van der Waals surface area contributed by atoms with E-state index in [1.807, 2.05) is 0 Å². The highest BCUT2D eigenvalue weighted by Crippen LogP contribution is 2.26. The molecule has 2 nitrogen and oxygen atoms in total. The van der Waals surface area contributed by atoms with E-state index in [0.29, 0.717) is 0 Å². The van der Waals surface area contributed by atoms with E-state index in [2.05, 4.69) is 17.3 Å². The second-order valence-corrected chi connectivity index (χ2v) is 4.98. The molecule has 0 bridgehead atoms. The summed E-state index contributed by atoms with van der Waals surface area (Å²) >= 11 is 0. The minimum Gasteiger partial charge on any atom is -0.317 e. The Bertz CT molecular complexity index is 164. The summed E-state index contributed by atoms with van der Waals surface area (Å²) in [5.41, 5.74) is 0. The van der Waals surface area contributed by atoms with Crippen LogP contribution in [0, 0.1) is 5.92 Å². The van der Waals surface area contributed by atoms with Crippen LogP contribution in [0.5, 0.6) is 0 Å². The molecular weight excluding hydrogens is 172 g/mol. The molecule has 2 saturated heterocycles. The number of piperidine rings is 1. The summed E-state index contributed by atoms with van der Waals surface area (Å²) in [5.74, 6) is 0.972. The van der Waals surface area contributed by atoms with Gasteiger partial charge >= 0.3 is 0 Å². The highest BCUT2D eigenvalue weighted by atomic mass is 15.1. The van der Waals surface area contributed by atoms with Gasteiger partial charge in [-0.2, -0.15) is 0 Å². The lowest BCUT2D eigenvalue weighted by Gasteiger charge is -2.35. The van der Waals surface area contributed by atoms with Gasteiger partial charge in [-0.15, -0.1) is 0 Å². The molecule has 0 amide bonds. The molecule has 1 unspecified atom stereocenters. The standard InChI is InChI=1S/C12H24N2/c1-14-10-4-2-3-5-12(14)11-6-8-13-9-7-11/h11-13H,2-10H2,1H3. The second kappa shape index (κ2) is 5.13. The molecule has 2 fully saturated rings. The zero-order valence-electron chi connectivity index (χ0n) is 9.47. The van der Waals surface area contributed by atoms with Crippen LogP contribution in [0.15, 0.2) is 0 Å². The maximum absolute atomic E-state index is 3.47. The first-order valence-corrected chi connectivity index (χ1v) is 6.29. The molecule has 0 aromatic rings. The van der Waals surface area contributed by atoms with Crippen molar-refractivity contribution in [2.45, 2.75) is 44.6 Å². The highest BCUT2D eigenvalue weighted by Gasteiger charge is 2.27. The van der Waals surface area contributed by atoms with E-state index < -0.39 is 0 Å². The fourth-order valence-electron chi connectivity index (χ4n) is 3.10. The molecule has 14 heavy (non-hydrogen) atoms. The van der Waals surface area contributed by atoms with Gasteiger partial charge in [0, 0.05) is 6.04 Å². The molecule has 2 heteroatoms. The lowest BCUT2D eigenvalue weighted by Crippen LogP contribution is -2.42. The van der Waals surface area contributed by atoms with E-state index in [-0.39, 0.29) is 0 Å². The predicted molar refractivity (Wildman–Crippen MR) is 60.5 cm³/mol. The average Bonchev–Trinajstić information content (AvgIpc) is 2.44. The van der Waals surface area contributed by atoms with Crippen LogP contribution in [0.1, 0.15) is 38.5 Å². The minimum atomic E-state index is 0.889. The van der Waals surface area contributed by atoms with E-state index in [1.165, 1.54) is 58.2 Å². The highest BCUT2D eigenvalue weighted by molar-refractivity contribution is 4.83. The van der Waals surface area contributed by atoms with Crippen LogP contribution in [-0.4, -0.2) is 37.6 Å². The van der Waals surface area contributed by atoms with Gasteiger partial charge < -0.3 is 10.2 Å². The van der Waals surface area contributed by atoms with Gasteiger partial charge in [-0.1, -0.05) is 12.8 Å². The van der Waals surface area contributed by atoms with Gasteiger partial charge in [-0.25, -0.2) is 0 Å². The van der Waals surface area contributed by atoms with Gasteiger partial charge in [0.1, 0.15) is 0 Å². The number of likely N-dealkylation sites (tertiary alicyclic amines) is 1. The van der Waals surface area contributed by atoms with Crippen molar-refractivity contribution in [1.82, 2.24) is 10.2 Å². The van der Waals surface area contributed by atoms with E-state index in [9.17, 15) is 0 Å². The molecule has 2 aliphatic heterocycles. The molecule has 0 radical (unpaired) electrons. The van der Waals surface area contributed by atoms with Crippen LogP contribution in [0.4, 0.5) is 0 Å². The average molecular weight is 196 g/mol. The first-order valence-electron chi connectivity index (χ1n) is 6.29. The van der Waals surface area contributed by atoms with Gasteiger partial charge in [-0.3, -0.25) is 0 Å². The molecule has 0 aliphatic carbocycles. The smallest absolute Gasteiger partial charge is 0.0121 e. The van der Waals surface area contributed by atoms with Crippen molar-refractivity contribution >= 4 is 0 Å². The van der Waals surface area contributed by atoms with Crippen molar-refractivity contribution in [2.24, 2.45) is 5.92 Å². The third-order valence-corrected chi connectivity index (χ3v) is 4.00. The third kappa shape index (κ3) is 2.48. The maximum atomic E-state index is 3.47. The van der Waals surface area contributed by atoms with Crippen LogP contribution in [-0.2, 0) is 0 Å². The zero-order chi connectivity index (χ0) is 9.80. The summed E-state index contributed by atoms with van der Waals surface area (Å²) in [4.78, 5) is 2.63. The fraction of sp³-hybridized carbons (Fsp3) is 1.00. The van der Waals surface area contributed by atoms with Gasteiger partial charge in [0.05, 0.1) is 0 Å². The lowest BCUT2D eigenvalue weighted by molar-refractivity contribution is 0.150. The topological polar surface area (TPSA) is 15.3 Å². The van der Waals surface area contributed by atoms with Crippen LogP contribution >= 0.6 is 0 Å². The maximum Gasteiger partial charge on any atom is 0.0121 e. The Morgan fingerprint density at radius 3 is 2.57 bits per heavy atom. The molecule has 2 aliphatic rings. The summed E-state index contributed by atoms with van der Waals surface area (Å²) in [7, 11) is 2.33. The number of hydrogen-bond donors (Lipinski definition) is 1. The summed E-state index contributed by atoms with van der Waals surface area (Å²) in [6, 6.07) is 0.889. The number of rotatable bonds is 1. The zero-order valence-corrected chi connectivity index (χ0v) is 9.47. The Kier molecular flexibility index (Phi) is 3.82. The van der Waals surface area contributed by atoms with Gasteiger partial charge in [0.2, 0.25) is 0 Å². The second-order valence-electron chi connectivity index (χ2n) is 4.98. The number of hydrogen-bond acceptors (Lipinski definition) is 2. The van der Waals surface area contributed by atoms with E-state index in [4.69, 9.17) is 0 Å². The summed E-state index contributed by atoms with van der Waals surface area (Å²) in [6.07, 6.45) is 8.56. The van der Waals surface area contributed by atoms with Crippen molar-refractivity contribution in [2.75, 3.05) is 26.7 Å². The SMILES string of the molecule is CN1CCCCCC1C1CCNCC1. The number of nitrogens with zero attached hydrogens (tertiary/aromatic N) is 1. The Morgan fingerprint density at radius 1 is 1.00 bits per heavy atom. The lowest BCUT2D eigenvalue weighted by atomic mass is 9.87. The fourth-order valence-corrected chi connectivity index (χ4v) is 3.10. The van der Waals surface area contributed by atoms with Crippen LogP contribution in [0.3, 0.4) is 0 Å². The quantitative estimate of drug-likeness (QED) is 0.688. The summed E-state index contributed by atoms with van der Waals surface area (Å²) in [6.45, 7) is 3.82. The Morgan fingerprint density at radius 2 is 1.79 bits per heavy atom. The Hall–Kier alpha value is -0.0800. The normalized spacial score (nSPS) is 32.8. The first-order chi connectivity index (χ1) is 6.88. The molecule has 82 valence electrons. The van der Waals surface area contributed by atoms with Crippen molar-refractivity contribution in [3.8, 4) is 0 Å². The van der Waals surface area contributed by atoms with Crippen molar-refractivity contribution in [3.63, 3.8) is 0 Å². The molecule has 1 N–H and O–H groups in total. The largest absolute Gasteiger partial charge is 0.317 e. The van der Waals surface area contributed by atoms with Crippen molar-refractivity contribution in [3.05, 3.63) is 0 Å². The molecule has 2 rings (SSSR count). The summed E-state index contributed by atoms with van der Waals surface area (Å²) in [5, 5.41) is 3.47. The molecule has 0 aromatic carbocycles. The van der Waals surface area contributed by atoms with E-state index >= 15 is 0 Å². The summed E-state index contributed by atoms with van der Waals surface area (Å²) < 4.78 is 0. The Labute approximate surface area is 88.1 Å². The van der Waals surface area contributed by atoms with Crippen molar-refractivity contribution in [1.29, 1.82) is 0 Å². The molecule has 2 heterocycles. The van der Waals surface area contributed by atoms with Crippen LogP contribution < -0.4 is 5.32 Å². The van der Waals surface area contributed by atoms with Gasteiger partial charge in [-0.05, 0) is 58.3 Å².